The maximum Gasteiger partial charge on any atom is 0.267 e. The monoisotopic (exact) mass is 306 g/mol. The number of aromatic amines is 1. The quantitative estimate of drug-likeness (QED) is 0.774. The Morgan fingerprint density at radius 2 is 2.44 bits per heavy atom. The zero-order valence-corrected chi connectivity index (χ0v) is 11.6. The van der Waals surface area contributed by atoms with Crippen molar-refractivity contribution < 1.29 is 9.90 Å². The highest BCUT2D eigenvalue weighted by atomic mass is 79.9. The number of carbonyl (C=O) groups excluding carboxylic acids is 1. The molecule has 0 aliphatic heterocycles. The molecule has 0 bridgehead atoms. The van der Waals surface area contributed by atoms with Crippen molar-refractivity contribution in [3.05, 3.63) is 22.4 Å². The van der Waals surface area contributed by atoms with Gasteiger partial charge in [0.25, 0.3) is 5.91 Å². The minimum atomic E-state index is -0.161. The molecular weight excluding hydrogens is 292 g/mol. The molecule has 1 rings (SSSR count). The molecule has 1 amide bonds. The predicted octanol–water partition coefficient (Wildman–Crippen LogP) is 1.62. The second-order valence-corrected chi connectivity index (χ2v) is 5.44. The first kappa shape index (κ1) is 13.6. The molecule has 0 aliphatic rings. The van der Waals surface area contributed by atoms with Gasteiger partial charge in [-0.15, -0.1) is 0 Å². The molecule has 3 N–H and O–H groups in total. The van der Waals surface area contributed by atoms with E-state index in [2.05, 4.69) is 26.2 Å². The van der Waals surface area contributed by atoms with Crippen LogP contribution >= 0.6 is 27.7 Å². The second-order valence-electron chi connectivity index (χ2n) is 3.45. The summed E-state index contributed by atoms with van der Waals surface area (Å²) >= 11 is 4.80. The molecule has 0 saturated carbocycles. The summed E-state index contributed by atoms with van der Waals surface area (Å²) in [6.45, 7) is 1.93. The molecule has 0 saturated heterocycles. The second kappa shape index (κ2) is 6.32. The van der Waals surface area contributed by atoms with Crippen molar-refractivity contribution in [2.75, 3.05) is 12.9 Å². The third kappa shape index (κ3) is 3.54. The molecule has 0 radical (unpaired) electrons. The molecule has 16 heavy (non-hydrogen) atoms. The Bertz CT molecular complexity index is 352. The molecule has 2 atom stereocenters. The molecule has 90 valence electrons. The number of H-pyrrole nitrogens is 1. The zero-order chi connectivity index (χ0) is 12.1. The Kier molecular flexibility index (Phi) is 5.37. The van der Waals surface area contributed by atoms with E-state index in [0.717, 1.165) is 4.47 Å². The van der Waals surface area contributed by atoms with Crippen LogP contribution in [0.5, 0.6) is 0 Å². The fourth-order valence-electron chi connectivity index (χ4n) is 1.31. The lowest BCUT2D eigenvalue weighted by Crippen LogP contribution is -2.41. The normalized spacial score (nSPS) is 14.5. The molecule has 0 spiro atoms. The van der Waals surface area contributed by atoms with Gasteiger partial charge in [0.2, 0.25) is 0 Å². The molecule has 0 fully saturated rings. The maximum atomic E-state index is 11.8. The average molecular weight is 307 g/mol. The number of rotatable bonds is 5. The molecule has 4 nitrogen and oxygen atoms in total. The topological polar surface area (TPSA) is 65.1 Å². The average Bonchev–Trinajstić information content (AvgIpc) is 2.66. The predicted molar refractivity (Wildman–Crippen MR) is 69.8 cm³/mol. The lowest BCUT2D eigenvalue weighted by molar-refractivity contribution is 0.0931. The van der Waals surface area contributed by atoms with E-state index >= 15 is 0 Å². The zero-order valence-electron chi connectivity index (χ0n) is 9.16. The van der Waals surface area contributed by atoms with Gasteiger partial charge in [-0.3, -0.25) is 4.79 Å². The number of aromatic nitrogens is 1. The largest absolute Gasteiger partial charge is 0.395 e. The Labute approximate surface area is 107 Å². The van der Waals surface area contributed by atoms with Crippen LogP contribution in [0.1, 0.15) is 17.4 Å². The van der Waals surface area contributed by atoms with Crippen molar-refractivity contribution in [3.8, 4) is 0 Å². The summed E-state index contributed by atoms with van der Waals surface area (Å²) in [4.78, 5) is 14.6. The lowest BCUT2D eigenvalue weighted by Gasteiger charge is -2.20. The Morgan fingerprint density at radius 3 is 2.88 bits per heavy atom. The number of hydrogen-bond acceptors (Lipinski definition) is 3. The first-order chi connectivity index (χ1) is 7.58. The van der Waals surface area contributed by atoms with Crippen LogP contribution in [0.15, 0.2) is 16.7 Å². The maximum absolute atomic E-state index is 11.8. The molecule has 6 heteroatoms. The van der Waals surface area contributed by atoms with Crippen LogP contribution in [-0.4, -0.2) is 40.2 Å². The highest BCUT2D eigenvalue weighted by Crippen LogP contribution is 2.13. The molecule has 1 aromatic rings. The number of aliphatic hydroxyl groups is 1. The van der Waals surface area contributed by atoms with E-state index in [1.807, 2.05) is 13.2 Å². The van der Waals surface area contributed by atoms with E-state index in [1.165, 1.54) is 11.8 Å². The van der Waals surface area contributed by atoms with E-state index in [1.54, 1.807) is 12.3 Å². The van der Waals surface area contributed by atoms with Gasteiger partial charge >= 0.3 is 0 Å². The number of aliphatic hydroxyl groups excluding tert-OH is 1. The number of thioether (sulfide) groups is 1. The minimum absolute atomic E-state index is 0.0161. The van der Waals surface area contributed by atoms with E-state index in [4.69, 9.17) is 5.11 Å². The summed E-state index contributed by atoms with van der Waals surface area (Å²) in [6.07, 6.45) is 3.62. The van der Waals surface area contributed by atoms with E-state index < -0.39 is 0 Å². The summed E-state index contributed by atoms with van der Waals surface area (Å²) in [5.74, 6) is -0.161. The van der Waals surface area contributed by atoms with Crippen LogP contribution in [0.4, 0.5) is 0 Å². The summed E-state index contributed by atoms with van der Waals surface area (Å²) in [6, 6.07) is 1.64. The summed E-state index contributed by atoms with van der Waals surface area (Å²) < 4.78 is 0.842. The van der Waals surface area contributed by atoms with Crippen LogP contribution in [0.25, 0.3) is 0 Å². The van der Waals surface area contributed by atoms with Crippen molar-refractivity contribution in [3.63, 3.8) is 0 Å². The van der Waals surface area contributed by atoms with Crippen molar-refractivity contribution in [1.82, 2.24) is 10.3 Å². The van der Waals surface area contributed by atoms with Crippen molar-refractivity contribution in [1.29, 1.82) is 0 Å². The van der Waals surface area contributed by atoms with Crippen molar-refractivity contribution in [2.45, 2.75) is 18.2 Å². The SMILES string of the molecule is CS[C@@H](CO)[C@@H](C)NC(=O)c1cc(Br)c[nH]1. The number of amides is 1. The van der Waals surface area contributed by atoms with Crippen LogP contribution < -0.4 is 5.32 Å². The minimum Gasteiger partial charge on any atom is -0.395 e. The number of halogens is 1. The van der Waals surface area contributed by atoms with Crippen LogP contribution in [0.3, 0.4) is 0 Å². The molecule has 0 unspecified atom stereocenters. The summed E-state index contributed by atoms with van der Waals surface area (Å²) in [5, 5.41) is 12.0. The van der Waals surface area contributed by atoms with Crippen LogP contribution in [0.2, 0.25) is 0 Å². The lowest BCUT2D eigenvalue weighted by atomic mass is 10.2. The van der Waals surface area contributed by atoms with Gasteiger partial charge in [-0.2, -0.15) is 11.8 Å². The van der Waals surface area contributed by atoms with E-state index in [-0.39, 0.29) is 23.8 Å². The standard InChI is InChI=1S/C10H15BrN2O2S/c1-6(9(5-14)16-2)13-10(15)8-3-7(11)4-12-8/h3-4,6,9,12,14H,5H2,1-2H3,(H,13,15)/t6-,9+/m1/s1. The summed E-state index contributed by atoms with van der Waals surface area (Å²) in [5.41, 5.74) is 0.511. The van der Waals surface area contributed by atoms with Gasteiger partial charge in [0.1, 0.15) is 5.69 Å². The number of nitrogens with one attached hydrogen (secondary N) is 2. The first-order valence-electron chi connectivity index (χ1n) is 4.87. The highest BCUT2D eigenvalue weighted by Gasteiger charge is 2.18. The van der Waals surface area contributed by atoms with Gasteiger partial charge in [-0.05, 0) is 35.2 Å². The Morgan fingerprint density at radius 1 is 1.75 bits per heavy atom. The number of hydrogen-bond donors (Lipinski definition) is 3. The van der Waals surface area contributed by atoms with Gasteiger partial charge in [-0.1, -0.05) is 0 Å². The molecular formula is C10H15BrN2O2S. The van der Waals surface area contributed by atoms with Gasteiger partial charge in [0.15, 0.2) is 0 Å². The van der Waals surface area contributed by atoms with Crippen molar-refractivity contribution in [2.24, 2.45) is 0 Å². The smallest absolute Gasteiger partial charge is 0.267 e. The fraction of sp³-hybridized carbons (Fsp3) is 0.500. The van der Waals surface area contributed by atoms with Crippen LogP contribution in [-0.2, 0) is 0 Å². The van der Waals surface area contributed by atoms with Crippen LogP contribution in [0, 0.1) is 0 Å². The third-order valence-electron chi connectivity index (χ3n) is 2.29. The van der Waals surface area contributed by atoms with E-state index in [9.17, 15) is 4.79 Å². The van der Waals surface area contributed by atoms with Crippen molar-refractivity contribution >= 4 is 33.6 Å². The Hall–Kier alpha value is -0.460. The molecule has 1 aromatic heterocycles. The first-order valence-corrected chi connectivity index (χ1v) is 6.95. The van der Waals surface area contributed by atoms with Gasteiger partial charge in [0, 0.05) is 22.0 Å². The molecule has 1 heterocycles. The summed E-state index contributed by atoms with van der Waals surface area (Å²) in [7, 11) is 0. The molecule has 0 aliphatic carbocycles. The molecule has 0 aromatic carbocycles. The highest BCUT2D eigenvalue weighted by molar-refractivity contribution is 9.10. The fourth-order valence-corrected chi connectivity index (χ4v) is 2.28. The third-order valence-corrected chi connectivity index (χ3v) is 3.91. The Balaban J connectivity index is 2.57. The van der Waals surface area contributed by atoms with Gasteiger partial charge < -0.3 is 15.4 Å². The van der Waals surface area contributed by atoms with Gasteiger partial charge in [-0.25, -0.2) is 0 Å². The number of carbonyl (C=O) groups is 1. The van der Waals surface area contributed by atoms with Gasteiger partial charge in [0.05, 0.1) is 6.61 Å². The van der Waals surface area contributed by atoms with E-state index in [0.29, 0.717) is 5.69 Å².